The summed E-state index contributed by atoms with van der Waals surface area (Å²) in [4.78, 5) is 26.0. The largest absolute Gasteiger partial charge is 0.360 e. The fourth-order valence-electron chi connectivity index (χ4n) is 3.72. The molecule has 1 heterocycles. The predicted octanol–water partition coefficient (Wildman–Crippen LogP) is 4.11. The number of benzene rings is 2. The van der Waals surface area contributed by atoms with Gasteiger partial charge in [-0.2, -0.15) is 0 Å². The van der Waals surface area contributed by atoms with Gasteiger partial charge in [-0.25, -0.2) is 0 Å². The second-order valence-electron chi connectivity index (χ2n) is 8.06. The van der Waals surface area contributed by atoms with Crippen molar-refractivity contribution in [3.05, 3.63) is 71.8 Å². The quantitative estimate of drug-likeness (QED) is 0.397. The van der Waals surface area contributed by atoms with Crippen molar-refractivity contribution in [3.63, 3.8) is 0 Å². The monoisotopic (exact) mass is 448 g/mol. The number of ether oxygens (including phenoxy) is 1. The maximum atomic E-state index is 13.2. The Morgan fingerprint density at radius 1 is 1.09 bits per heavy atom. The zero-order valence-electron chi connectivity index (χ0n) is 19.3. The van der Waals surface area contributed by atoms with Crippen molar-refractivity contribution < 1.29 is 14.3 Å². The Kier molecular flexibility index (Phi) is 8.78. The first-order valence-corrected chi connectivity index (χ1v) is 11.3. The fourth-order valence-corrected chi connectivity index (χ4v) is 3.72. The number of allylic oxidation sites excluding steroid dienone is 1. The van der Waals surface area contributed by atoms with Crippen LogP contribution < -0.4 is 15.5 Å². The van der Waals surface area contributed by atoms with Gasteiger partial charge in [0.15, 0.2) is 0 Å². The maximum absolute atomic E-state index is 13.2. The van der Waals surface area contributed by atoms with Crippen LogP contribution in [0.25, 0.3) is 0 Å². The number of anilines is 2. The molecule has 3 N–H and O–H groups in total. The summed E-state index contributed by atoms with van der Waals surface area (Å²) in [5.41, 5.74) is 3.11. The van der Waals surface area contributed by atoms with Crippen LogP contribution in [0, 0.1) is 5.41 Å². The maximum Gasteiger partial charge on any atom is 0.251 e. The Hall–Kier alpha value is -3.45. The van der Waals surface area contributed by atoms with E-state index >= 15 is 0 Å². The third kappa shape index (κ3) is 7.02. The first-order valence-electron chi connectivity index (χ1n) is 11.3. The van der Waals surface area contributed by atoms with E-state index in [0.29, 0.717) is 18.7 Å². The number of para-hydroxylation sites is 2. The summed E-state index contributed by atoms with van der Waals surface area (Å²) in [5, 5.41) is 14.9. The van der Waals surface area contributed by atoms with Gasteiger partial charge in [0.25, 0.3) is 5.91 Å². The van der Waals surface area contributed by atoms with Gasteiger partial charge in [-0.05, 0) is 50.0 Å². The van der Waals surface area contributed by atoms with Crippen LogP contribution >= 0.6 is 0 Å². The summed E-state index contributed by atoms with van der Waals surface area (Å²) in [6, 6.07) is 16.9. The molecule has 7 heteroatoms. The van der Waals surface area contributed by atoms with Crippen LogP contribution in [0.5, 0.6) is 0 Å². The lowest BCUT2D eigenvalue weighted by Crippen LogP contribution is -2.37. The van der Waals surface area contributed by atoms with Gasteiger partial charge in [-0.1, -0.05) is 36.4 Å². The van der Waals surface area contributed by atoms with E-state index in [9.17, 15) is 9.59 Å². The molecule has 2 amide bonds. The van der Waals surface area contributed by atoms with E-state index in [2.05, 4.69) is 10.6 Å². The van der Waals surface area contributed by atoms with Gasteiger partial charge >= 0.3 is 0 Å². The standard InChI is InChI=1S/C26H32N4O3/c1-19(18-25(32)30(16-15-28-20(2)31)21-10-4-3-5-11-21)26(27)22-12-6-7-13-23(22)29-24-14-8-9-17-33-24/h3-7,10-13,18,24,27,29H,8-9,14-17H2,1-2H3,(H,28,31). The number of carbonyl (C=O) groups is 2. The molecule has 174 valence electrons. The molecule has 33 heavy (non-hydrogen) atoms. The highest BCUT2D eigenvalue weighted by atomic mass is 16.5. The molecule has 1 aliphatic rings. The number of carbonyl (C=O) groups excluding carboxylic acids is 2. The summed E-state index contributed by atoms with van der Waals surface area (Å²) in [6.45, 7) is 4.62. The van der Waals surface area contributed by atoms with Gasteiger partial charge in [0.1, 0.15) is 6.23 Å². The zero-order valence-corrected chi connectivity index (χ0v) is 19.3. The molecule has 7 nitrogen and oxygen atoms in total. The minimum atomic E-state index is -0.241. The summed E-state index contributed by atoms with van der Waals surface area (Å²) in [5.74, 6) is -0.384. The van der Waals surface area contributed by atoms with Crippen molar-refractivity contribution in [1.82, 2.24) is 5.32 Å². The normalized spacial score (nSPS) is 16.1. The van der Waals surface area contributed by atoms with Crippen LogP contribution in [0.15, 0.2) is 66.2 Å². The molecule has 2 aromatic rings. The number of nitrogens with one attached hydrogen (secondary N) is 3. The van der Waals surface area contributed by atoms with Crippen molar-refractivity contribution >= 4 is 28.9 Å². The highest BCUT2D eigenvalue weighted by Crippen LogP contribution is 2.23. The van der Waals surface area contributed by atoms with Crippen LogP contribution in [0.2, 0.25) is 0 Å². The number of rotatable bonds is 9. The number of hydrogen-bond acceptors (Lipinski definition) is 5. The summed E-state index contributed by atoms with van der Waals surface area (Å²) >= 11 is 0. The van der Waals surface area contributed by atoms with Crippen LogP contribution in [0.1, 0.15) is 38.7 Å². The van der Waals surface area contributed by atoms with Crippen LogP contribution in [-0.2, 0) is 14.3 Å². The van der Waals surface area contributed by atoms with Crippen molar-refractivity contribution in [1.29, 1.82) is 5.41 Å². The van der Waals surface area contributed by atoms with Gasteiger partial charge in [-0.15, -0.1) is 0 Å². The Morgan fingerprint density at radius 2 is 1.82 bits per heavy atom. The van der Waals surface area contributed by atoms with Crippen molar-refractivity contribution in [2.24, 2.45) is 0 Å². The first-order chi connectivity index (χ1) is 16.0. The van der Waals surface area contributed by atoms with E-state index in [0.717, 1.165) is 42.8 Å². The Balaban J connectivity index is 1.78. The topological polar surface area (TPSA) is 94.5 Å². The van der Waals surface area contributed by atoms with Gasteiger partial charge in [0.2, 0.25) is 5.91 Å². The lowest BCUT2D eigenvalue weighted by atomic mass is 10.0. The van der Waals surface area contributed by atoms with Crippen molar-refractivity contribution in [2.75, 3.05) is 29.9 Å². The van der Waals surface area contributed by atoms with E-state index in [4.69, 9.17) is 10.1 Å². The average molecular weight is 449 g/mol. The third-order valence-corrected chi connectivity index (χ3v) is 5.47. The Bertz CT molecular complexity index is 998. The molecule has 3 rings (SSSR count). The Morgan fingerprint density at radius 3 is 2.52 bits per heavy atom. The fraction of sp³-hybridized carbons (Fsp3) is 0.346. The van der Waals surface area contributed by atoms with Crippen LogP contribution in [0.3, 0.4) is 0 Å². The van der Waals surface area contributed by atoms with Gasteiger partial charge in [0, 0.05) is 49.6 Å². The van der Waals surface area contributed by atoms with E-state index < -0.39 is 0 Å². The number of amides is 2. The predicted molar refractivity (Wildman–Crippen MR) is 132 cm³/mol. The second kappa shape index (κ2) is 12.0. The Labute approximate surface area is 195 Å². The van der Waals surface area contributed by atoms with E-state index in [1.807, 2.05) is 54.6 Å². The lowest BCUT2D eigenvalue weighted by Gasteiger charge is -2.26. The molecule has 0 bridgehead atoms. The SMILES string of the molecule is CC(=O)NCCN(C(=O)C=C(C)C(=N)c1ccccc1NC1CCCCO1)c1ccccc1. The van der Waals surface area contributed by atoms with E-state index in [1.165, 1.54) is 13.0 Å². The molecule has 0 saturated carbocycles. The van der Waals surface area contributed by atoms with Crippen molar-refractivity contribution in [2.45, 2.75) is 39.3 Å². The molecule has 0 spiro atoms. The molecule has 0 aromatic heterocycles. The highest BCUT2D eigenvalue weighted by molar-refractivity contribution is 6.17. The number of hydrogen-bond donors (Lipinski definition) is 3. The molecule has 0 radical (unpaired) electrons. The lowest BCUT2D eigenvalue weighted by molar-refractivity contribution is -0.119. The molecule has 1 atom stereocenters. The van der Waals surface area contributed by atoms with Crippen LogP contribution in [-0.4, -0.2) is 43.5 Å². The molecule has 1 unspecified atom stereocenters. The van der Waals surface area contributed by atoms with Crippen molar-refractivity contribution in [3.8, 4) is 0 Å². The van der Waals surface area contributed by atoms with Crippen LogP contribution in [0.4, 0.5) is 11.4 Å². The molecule has 1 aliphatic heterocycles. The molecular weight excluding hydrogens is 416 g/mol. The van der Waals surface area contributed by atoms with Gasteiger partial charge in [0.05, 0.1) is 5.71 Å². The smallest absolute Gasteiger partial charge is 0.251 e. The number of nitrogens with zero attached hydrogens (tertiary/aromatic N) is 1. The molecule has 1 saturated heterocycles. The van der Waals surface area contributed by atoms with E-state index in [1.54, 1.807) is 11.8 Å². The molecule has 1 fully saturated rings. The average Bonchev–Trinajstić information content (AvgIpc) is 2.82. The molecule has 0 aliphatic carbocycles. The van der Waals surface area contributed by atoms with Gasteiger partial charge < -0.3 is 20.3 Å². The summed E-state index contributed by atoms with van der Waals surface area (Å²) in [6.07, 6.45) is 4.52. The minimum Gasteiger partial charge on any atom is -0.360 e. The third-order valence-electron chi connectivity index (χ3n) is 5.47. The zero-order chi connectivity index (χ0) is 23.6. The van der Waals surface area contributed by atoms with E-state index in [-0.39, 0.29) is 23.8 Å². The highest BCUT2D eigenvalue weighted by Gasteiger charge is 2.18. The molecule has 2 aromatic carbocycles. The first kappa shape index (κ1) is 24.2. The summed E-state index contributed by atoms with van der Waals surface area (Å²) in [7, 11) is 0. The minimum absolute atomic E-state index is 0.0686. The van der Waals surface area contributed by atoms with Gasteiger partial charge in [-0.3, -0.25) is 15.0 Å². The second-order valence-corrected chi connectivity index (χ2v) is 8.06. The molecular formula is C26H32N4O3. The summed E-state index contributed by atoms with van der Waals surface area (Å²) < 4.78 is 5.79.